The molecule has 5 heteroatoms. The Kier molecular flexibility index (Phi) is 6.98. The zero-order valence-corrected chi connectivity index (χ0v) is 12.2. The van der Waals surface area contributed by atoms with E-state index in [-0.39, 0.29) is 5.69 Å². The van der Waals surface area contributed by atoms with Gasteiger partial charge in [0, 0.05) is 12.6 Å². The number of unbranched alkanes of at least 4 members (excludes halogenated alkanes) is 3. The second kappa shape index (κ2) is 8.51. The third-order valence-electron chi connectivity index (χ3n) is 3.19. The molecule has 0 unspecified atom stereocenters. The van der Waals surface area contributed by atoms with Crippen LogP contribution in [0.5, 0.6) is 0 Å². The molecule has 1 rings (SSSR count). The molecule has 0 radical (unpaired) electrons. The average Bonchev–Trinajstić information content (AvgIpc) is 2.38. The molecular formula is C15H23FN2O2. The van der Waals surface area contributed by atoms with Crippen LogP contribution in [0.15, 0.2) is 18.2 Å². The van der Waals surface area contributed by atoms with Crippen LogP contribution >= 0.6 is 0 Å². The van der Waals surface area contributed by atoms with Crippen LogP contribution in [0.2, 0.25) is 0 Å². The maximum Gasteiger partial charge on any atom is 0.272 e. The zero-order chi connectivity index (χ0) is 15.0. The van der Waals surface area contributed by atoms with Crippen molar-refractivity contribution in [2.24, 2.45) is 5.92 Å². The van der Waals surface area contributed by atoms with Gasteiger partial charge in [0.15, 0.2) is 5.82 Å². The van der Waals surface area contributed by atoms with Gasteiger partial charge in [-0.3, -0.25) is 10.1 Å². The minimum atomic E-state index is -0.596. The molecule has 0 aliphatic heterocycles. The van der Waals surface area contributed by atoms with Crippen LogP contribution in [-0.2, 0) is 0 Å². The van der Waals surface area contributed by atoms with Gasteiger partial charge in [-0.25, -0.2) is 4.39 Å². The zero-order valence-electron chi connectivity index (χ0n) is 12.2. The summed E-state index contributed by atoms with van der Waals surface area (Å²) in [4.78, 5) is 9.90. The lowest BCUT2D eigenvalue weighted by atomic mass is 10.0. The Morgan fingerprint density at radius 3 is 2.55 bits per heavy atom. The van der Waals surface area contributed by atoms with Crippen molar-refractivity contribution in [1.82, 2.24) is 0 Å². The Bertz CT molecular complexity index is 436. The number of halogens is 1. The molecule has 4 nitrogen and oxygen atoms in total. The molecule has 0 saturated heterocycles. The fourth-order valence-corrected chi connectivity index (χ4v) is 2.02. The number of non-ortho nitro benzene ring substituents is 1. The maximum atomic E-state index is 13.6. The third kappa shape index (κ3) is 5.99. The number of anilines is 1. The molecule has 0 aromatic heterocycles. The first-order valence-corrected chi connectivity index (χ1v) is 7.18. The number of benzene rings is 1. The molecule has 0 heterocycles. The number of nitro benzene ring substituents is 1. The van der Waals surface area contributed by atoms with Gasteiger partial charge >= 0.3 is 0 Å². The number of nitro groups is 1. The van der Waals surface area contributed by atoms with Gasteiger partial charge in [0.1, 0.15) is 0 Å². The fraction of sp³-hybridized carbons (Fsp3) is 0.600. The molecule has 1 aromatic rings. The predicted octanol–water partition coefficient (Wildman–Crippen LogP) is 4.75. The molecule has 0 atom stereocenters. The summed E-state index contributed by atoms with van der Waals surface area (Å²) in [6, 6.07) is 3.69. The van der Waals surface area contributed by atoms with Crippen molar-refractivity contribution < 1.29 is 9.31 Å². The summed E-state index contributed by atoms with van der Waals surface area (Å²) in [5.74, 6) is 0.182. The van der Waals surface area contributed by atoms with E-state index in [0.29, 0.717) is 12.2 Å². The number of nitrogens with zero attached hydrogens (tertiary/aromatic N) is 1. The van der Waals surface area contributed by atoms with Crippen LogP contribution in [0.25, 0.3) is 0 Å². The Labute approximate surface area is 119 Å². The van der Waals surface area contributed by atoms with Crippen LogP contribution in [-0.4, -0.2) is 11.5 Å². The highest BCUT2D eigenvalue weighted by Gasteiger charge is 2.09. The summed E-state index contributed by atoms with van der Waals surface area (Å²) >= 11 is 0. The first-order valence-electron chi connectivity index (χ1n) is 7.18. The van der Waals surface area contributed by atoms with Crippen molar-refractivity contribution >= 4 is 11.4 Å². The minimum Gasteiger partial charge on any atom is -0.383 e. The summed E-state index contributed by atoms with van der Waals surface area (Å²) < 4.78 is 13.6. The molecular weight excluding hydrogens is 259 g/mol. The van der Waals surface area contributed by atoms with E-state index in [9.17, 15) is 14.5 Å². The quantitative estimate of drug-likeness (QED) is 0.404. The second-order valence-corrected chi connectivity index (χ2v) is 5.44. The predicted molar refractivity (Wildman–Crippen MR) is 79.5 cm³/mol. The standard InChI is InChI=1S/C15H23FN2O2/c1-12(2)7-5-3-4-6-10-17-15-9-8-13(18(19)20)11-14(15)16/h8-9,11-12,17H,3-7,10H2,1-2H3. The number of nitrogens with one attached hydrogen (secondary N) is 1. The topological polar surface area (TPSA) is 55.2 Å². The Balaban J connectivity index is 2.24. The van der Waals surface area contributed by atoms with Crippen molar-refractivity contribution in [3.05, 3.63) is 34.1 Å². The van der Waals surface area contributed by atoms with Crippen LogP contribution in [0, 0.1) is 21.8 Å². The lowest BCUT2D eigenvalue weighted by molar-refractivity contribution is -0.385. The van der Waals surface area contributed by atoms with E-state index < -0.39 is 10.7 Å². The summed E-state index contributed by atoms with van der Waals surface area (Å²) in [5, 5.41) is 13.5. The Morgan fingerprint density at radius 1 is 1.25 bits per heavy atom. The van der Waals surface area contributed by atoms with Gasteiger partial charge < -0.3 is 5.32 Å². The molecule has 0 fully saturated rings. The Hall–Kier alpha value is -1.65. The van der Waals surface area contributed by atoms with Gasteiger partial charge in [-0.05, 0) is 18.4 Å². The third-order valence-corrected chi connectivity index (χ3v) is 3.19. The van der Waals surface area contributed by atoms with E-state index in [1.165, 1.54) is 31.4 Å². The SMILES string of the molecule is CC(C)CCCCCCNc1ccc([N+](=O)[O-])cc1F. The molecule has 0 spiro atoms. The van der Waals surface area contributed by atoms with Gasteiger partial charge in [-0.1, -0.05) is 39.5 Å². The molecule has 1 N–H and O–H groups in total. The second-order valence-electron chi connectivity index (χ2n) is 5.44. The molecule has 1 aromatic carbocycles. The summed E-state index contributed by atoms with van der Waals surface area (Å²) in [6.07, 6.45) is 5.79. The number of rotatable bonds is 9. The van der Waals surface area contributed by atoms with Gasteiger partial charge in [0.2, 0.25) is 0 Å². The van der Waals surface area contributed by atoms with E-state index in [4.69, 9.17) is 0 Å². The van der Waals surface area contributed by atoms with E-state index in [1.54, 1.807) is 0 Å². The molecule has 0 aliphatic carbocycles. The molecule has 112 valence electrons. The minimum absolute atomic E-state index is 0.221. The normalized spacial score (nSPS) is 10.8. The van der Waals surface area contributed by atoms with Gasteiger partial charge in [-0.2, -0.15) is 0 Å². The van der Waals surface area contributed by atoms with Gasteiger partial charge in [0.25, 0.3) is 5.69 Å². The first kappa shape index (κ1) is 16.4. The van der Waals surface area contributed by atoms with Crippen molar-refractivity contribution in [3.63, 3.8) is 0 Å². The van der Waals surface area contributed by atoms with Gasteiger partial charge in [-0.15, -0.1) is 0 Å². The van der Waals surface area contributed by atoms with Crippen molar-refractivity contribution in [3.8, 4) is 0 Å². The van der Waals surface area contributed by atoms with Crippen molar-refractivity contribution in [2.75, 3.05) is 11.9 Å². The lowest BCUT2D eigenvalue weighted by Gasteiger charge is -2.08. The monoisotopic (exact) mass is 282 g/mol. The van der Waals surface area contributed by atoms with E-state index in [0.717, 1.165) is 24.8 Å². The highest BCUT2D eigenvalue weighted by atomic mass is 19.1. The highest BCUT2D eigenvalue weighted by Crippen LogP contribution is 2.20. The largest absolute Gasteiger partial charge is 0.383 e. The van der Waals surface area contributed by atoms with E-state index in [2.05, 4.69) is 19.2 Å². The molecule has 0 bridgehead atoms. The van der Waals surface area contributed by atoms with Crippen LogP contribution in [0.4, 0.5) is 15.8 Å². The van der Waals surface area contributed by atoms with Crippen molar-refractivity contribution in [2.45, 2.75) is 46.0 Å². The number of hydrogen-bond acceptors (Lipinski definition) is 3. The summed E-state index contributed by atoms with van der Waals surface area (Å²) in [7, 11) is 0. The fourth-order valence-electron chi connectivity index (χ4n) is 2.02. The first-order chi connectivity index (χ1) is 9.50. The molecule has 0 amide bonds. The van der Waals surface area contributed by atoms with Crippen LogP contribution < -0.4 is 5.32 Å². The Morgan fingerprint density at radius 2 is 1.95 bits per heavy atom. The average molecular weight is 282 g/mol. The highest BCUT2D eigenvalue weighted by molar-refractivity contribution is 5.49. The van der Waals surface area contributed by atoms with E-state index in [1.807, 2.05) is 0 Å². The molecule has 0 aliphatic rings. The molecule has 0 saturated carbocycles. The summed E-state index contributed by atoms with van der Waals surface area (Å²) in [6.45, 7) is 5.13. The summed E-state index contributed by atoms with van der Waals surface area (Å²) in [5.41, 5.74) is 0.111. The molecule has 20 heavy (non-hydrogen) atoms. The van der Waals surface area contributed by atoms with E-state index >= 15 is 0 Å². The smallest absolute Gasteiger partial charge is 0.272 e. The maximum absolute atomic E-state index is 13.6. The van der Waals surface area contributed by atoms with Gasteiger partial charge in [0.05, 0.1) is 16.7 Å². The van der Waals surface area contributed by atoms with Crippen LogP contribution in [0.3, 0.4) is 0 Å². The van der Waals surface area contributed by atoms with Crippen molar-refractivity contribution in [1.29, 1.82) is 0 Å². The number of hydrogen-bond donors (Lipinski definition) is 1. The van der Waals surface area contributed by atoms with Crippen LogP contribution in [0.1, 0.15) is 46.0 Å². The lowest BCUT2D eigenvalue weighted by Crippen LogP contribution is -2.04.